The van der Waals surface area contributed by atoms with E-state index >= 15 is 0 Å². The predicted molar refractivity (Wildman–Crippen MR) is 81.1 cm³/mol. The van der Waals surface area contributed by atoms with Crippen molar-refractivity contribution >= 4 is 11.6 Å². The van der Waals surface area contributed by atoms with Crippen LogP contribution in [0.3, 0.4) is 0 Å². The van der Waals surface area contributed by atoms with Crippen LogP contribution in [0.15, 0.2) is 18.5 Å². The molecule has 0 radical (unpaired) electrons. The van der Waals surface area contributed by atoms with E-state index in [1.165, 1.54) is 20.0 Å². The number of anilines is 1. The predicted octanol–water partition coefficient (Wildman–Crippen LogP) is 2.13. The number of nitrogens with zero attached hydrogens (tertiary/aromatic N) is 1. The Hall–Kier alpha value is -1.69. The Morgan fingerprint density at radius 1 is 1.52 bits per heavy atom. The molecule has 0 aliphatic carbocycles. The third-order valence-electron chi connectivity index (χ3n) is 3.29. The fourth-order valence-electron chi connectivity index (χ4n) is 1.60. The van der Waals surface area contributed by atoms with E-state index in [0.717, 1.165) is 6.42 Å². The van der Waals surface area contributed by atoms with Gasteiger partial charge in [0.2, 0.25) is 0 Å². The van der Waals surface area contributed by atoms with Gasteiger partial charge in [0.25, 0.3) is 5.91 Å². The second-order valence-electron chi connectivity index (χ2n) is 5.71. The molecule has 0 aliphatic rings. The van der Waals surface area contributed by atoms with Crippen LogP contribution in [-0.4, -0.2) is 40.4 Å². The van der Waals surface area contributed by atoms with Crippen LogP contribution in [0.4, 0.5) is 10.1 Å². The molecule has 6 heteroatoms. The van der Waals surface area contributed by atoms with E-state index in [2.05, 4.69) is 15.6 Å². The maximum absolute atomic E-state index is 13.7. The molecule has 2 atom stereocenters. The van der Waals surface area contributed by atoms with Crippen molar-refractivity contribution in [2.75, 3.05) is 11.9 Å². The number of aliphatic hydroxyl groups is 1. The summed E-state index contributed by atoms with van der Waals surface area (Å²) in [7, 11) is 0. The maximum atomic E-state index is 13.7. The molecule has 0 unspecified atom stereocenters. The molecule has 1 aromatic heterocycles. The molecule has 0 saturated carbocycles. The van der Waals surface area contributed by atoms with E-state index in [1.807, 2.05) is 13.8 Å². The Kier molecular flexibility index (Phi) is 6.08. The van der Waals surface area contributed by atoms with E-state index in [4.69, 9.17) is 0 Å². The van der Waals surface area contributed by atoms with Crippen molar-refractivity contribution in [2.45, 2.75) is 51.9 Å². The lowest BCUT2D eigenvalue weighted by Gasteiger charge is -2.22. The fourth-order valence-corrected chi connectivity index (χ4v) is 1.60. The second kappa shape index (κ2) is 7.36. The molecule has 3 N–H and O–H groups in total. The molecule has 0 fully saturated rings. The maximum Gasteiger partial charge on any atom is 0.255 e. The number of carbonyl (C=O) groups excluding carboxylic acids is 1. The zero-order valence-electron chi connectivity index (χ0n) is 13.0. The quantitative estimate of drug-likeness (QED) is 0.721. The lowest BCUT2D eigenvalue weighted by atomic mass is 10.0. The van der Waals surface area contributed by atoms with Gasteiger partial charge in [0.1, 0.15) is 6.17 Å². The van der Waals surface area contributed by atoms with Crippen LogP contribution >= 0.6 is 0 Å². The number of halogens is 1. The van der Waals surface area contributed by atoms with Gasteiger partial charge in [0.05, 0.1) is 23.4 Å². The van der Waals surface area contributed by atoms with Crippen LogP contribution < -0.4 is 10.6 Å². The zero-order valence-corrected chi connectivity index (χ0v) is 13.0. The Morgan fingerprint density at radius 2 is 2.19 bits per heavy atom. The van der Waals surface area contributed by atoms with Crippen LogP contribution in [0.25, 0.3) is 0 Å². The first-order chi connectivity index (χ1) is 9.75. The van der Waals surface area contributed by atoms with Crippen molar-refractivity contribution in [2.24, 2.45) is 0 Å². The minimum atomic E-state index is -1.54. The van der Waals surface area contributed by atoms with Gasteiger partial charge in [0, 0.05) is 18.4 Å². The normalized spacial score (nSPS) is 14.4. The van der Waals surface area contributed by atoms with Crippen molar-refractivity contribution in [3.05, 3.63) is 24.0 Å². The average Bonchev–Trinajstić information content (AvgIpc) is 2.43. The highest BCUT2D eigenvalue weighted by Crippen LogP contribution is 2.16. The number of aromatic nitrogens is 1. The first kappa shape index (κ1) is 17.4. The highest BCUT2D eigenvalue weighted by atomic mass is 19.1. The number of amides is 1. The smallest absolute Gasteiger partial charge is 0.255 e. The molecule has 1 rings (SSSR count). The number of hydrogen-bond acceptors (Lipinski definition) is 4. The van der Waals surface area contributed by atoms with Gasteiger partial charge in [-0.3, -0.25) is 9.78 Å². The van der Waals surface area contributed by atoms with Crippen LogP contribution in [0, 0.1) is 0 Å². The second-order valence-corrected chi connectivity index (χ2v) is 5.71. The van der Waals surface area contributed by atoms with Crippen molar-refractivity contribution < 1.29 is 14.3 Å². The molecule has 21 heavy (non-hydrogen) atoms. The molecule has 1 heterocycles. The molecular formula is C15H24FN3O2. The summed E-state index contributed by atoms with van der Waals surface area (Å²) >= 11 is 0. The summed E-state index contributed by atoms with van der Waals surface area (Å²) in [5.41, 5.74) is -0.462. The van der Waals surface area contributed by atoms with E-state index in [-0.39, 0.29) is 12.6 Å². The standard InChI is InChI=1S/C15H24FN3O2/c1-5-10(2)19-12-6-7-17-8-11(12)14(20)18-9-13(16)15(3,4)21/h6-8,10,13,21H,5,9H2,1-4H3,(H,17,19)(H,18,20)/t10-,13+/m0/s1. The number of alkyl halides is 1. The first-order valence-corrected chi connectivity index (χ1v) is 7.10. The summed E-state index contributed by atoms with van der Waals surface area (Å²) in [6.07, 6.45) is 2.41. The monoisotopic (exact) mass is 297 g/mol. The lowest BCUT2D eigenvalue weighted by molar-refractivity contribution is -0.00177. The van der Waals surface area contributed by atoms with Gasteiger partial charge >= 0.3 is 0 Å². The summed E-state index contributed by atoms with van der Waals surface area (Å²) in [6.45, 7) is 6.53. The van der Waals surface area contributed by atoms with Gasteiger partial charge < -0.3 is 15.7 Å². The molecule has 0 aliphatic heterocycles. The highest BCUT2D eigenvalue weighted by Gasteiger charge is 2.27. The third kappa shape index (κ3) is 5.30. The third-order valence-corrected chi connectivity index (χ3v) is 3.29. The summed E-state index contributed by atoms with van der Waals surface area (Å²) in [5.74, 6) is -0.416. The Balaban J connectivity index is 2.74. The number of rotatable bonds is 7. The topological polar surface area (TPSA) is 74.2 Å². The van der Waals surface area contributed by atoms with Gasteiger partial charge in [-0.05, 0) is 33.3 Å². The van der Waals surface area contributed by atoms with Gasteiger partial charge in [-0.1, -0.05) is 6.92 Å². The SMILES string of the molecule is CC[C@H](C)Nc1ccncc1C(=O)NC[C@@H](F)C(C)(C)O. The van der Waals surface area contributed by atoms with Crippen LogP contribution in [-0.2, 0) is 0 Å². The van der Waals surface area contributed by atoms with Crippen molar-refractivity contribution in [3.63, 3.8) is 0 Å². The Morgan fingerprint density at radius 3 is 2.76 bits per heavy atom. The molecular weight excluding hydrogens is 273 g/mol. The van der Waals surface area contributed by atoms with Crippen molar-refractivity contribution in [1.82, 2.24) is 10.3 Å². The molecule has 0 saturated heterocycles. The van der Waals surface area contributed by atoms with Crippen molar-refractivity contribution in [3.8, 4) is 0 Å². The summed E-state index contributed by atoms with van der Waals surface area (Å²) in [5, 5.41) is 15.2. The van der Waals surface area contributed by atoms with Gasteiger partial charge in [-0.15, -0.1) is 0 Å². The molecule has 1 amide bonds. The Bertz CT molecular complexity index is 474. The minimum absolute atomic E-state index is 0.212. The summed E-state index contributed by atoms with van der Waals surface area (Å²) in [4.78, 5) is 16.1. The summed E-state index contributed by atoms with van der Waals surface area (Å²) in [6, 6.07) is 1.92. The average molecular weight is 297 g/mol. The number of carbonyl (C=O) groups is 1. The van der Waals surface area contributed by atoms with Crippen molar-refractivity contribution in [1.29, 1.82) is 0 Å². The fraction of sp³-hybridized carbons (Fsp3) is 0.600. The molecule has 0 spiro atoms. The van der Waals surface area contributed by atoms with Crippen LogP contribution in [0.5, 0.6) is 0 Å². The van der Waals surface area contributed by atoms with E-state index in [1.54, 1.807) is 12.3 Å². The molecule has 0 aromatic carbocycles. The van der Waals surface area contributed by atoms with Gasteiger partial charge in [-0.2, -0.15) is 0 Å². The van der Waals surface area contributed by atoms with Crippen LogP contribution in [0.1, 0.15) is 44.5 Å². The molecule has 0 bridgehead atoms. The first-order valence-electron chi connectivity index (χ1n) is 7.10. The van der Waals surface area contributed by atoms with Gasteiger partial charge in [-0.25, -0.2) is 4.39 Å². The molecule has 118 valence electrons. The number of pyridine rings is 1. The summed E-state index contributed by atoms with van der Waals surface area (Å²) < 4.78 is 13.7. The molecule has 1 aromatic rings. The lowest BCUT2D eigenvalue weighted by Crippen LogP contribution is -2.42. The van der Waals surface area contributed by atoms with E-state index < -0.39 is 17.7 Å². The number of nitrogens with one attached hydrogen (secondary N) is 2. The minimum Gasteiger partial charge on any atom is -0.387 e. The number of hydrogen-bond donors (Lipinski definition) is 3. The Labute approximate surface area is 125 Å². The highest BCUT2D eigenvalue weighted by molar-refractivity contribution is 5.99. The zero-order chi connectivity index (χ0) is 16.0. The van der Waals surface area contributed by atoms with Crippen LogP contribution in [0.2, 0.25) is 0 Å². The van der Waals surface area contributed by atoms with Gasteiger partial charge in [0.15, 0.2) is 0 Å². The van der Waals surface area contributed by atoms with E-state index in [0.29, 0.717) is 11.3 Å². The molecule has 5 nitrogen and oxygen atoms in total. The largest absolute Gasteiger partial charge is 0.387 e. The van der Waals surface area contributed by atoms with E-state index in [9.17, 15) is 14.3 Å².